The lowest BCUT2D eigenvalue weighted by Gasteiger charge is -2.19. The maximum atomic E-state index is 6.24. The topological polar surface area (TPSA) is 18.5 Å². The number of benzene rings is 3. The van der Waals surface area contributed by atoms with Crippen LogP contribution in [0.4, 0.5) is 0 Å². The largest absolute Gasteiger partial charge is 0.457 e. The quantitative estimate of drug-likeness (QED) is 0.417. The van der Waals surface area contributed by atoms with Gasteiger partial charge in [0.2, 0.25) is 0 Å². The molecule has 0 fully saturated rings. The van der Waals surface area contributed by atoms with E-state index < -0.39 is 0 Å². The monoisotopic (exact) mass is 430 g/mol. The molecule has 3 aromatic rings. The van der Waals surface area contributed by atoms with Crippen molar-refractivity contribution in [3.8, 4) is 23.0 Å². The molecule has 0 radical (unpaired) electrons. The van der Waals surface area contributed by atoms with Crippen LogP contribution in [-0.2, 0) is 5.41 Å². The molecule has 0 N–H and O–H groups in total. The van der Waals surface area contributed by atoms with E-state index in [9.17, 15) is 0 Å². The van der Waals surface area contributed by atoms with Gasteiger partial charge in [-0.1, -0.05) is 60.4 Å². The first-order valence-corrected chi connectivity index (χ1v) is 9.49. The van der Waals surface area contributed by atoms with Crippen LogP contribution in [0.1, 0.15) is 26.3 Å². The highest BCUT2D eigenvalue weighted by molar-refractivity contribution is 9.10. The Kier molecular flexibility index (Phi) is 5.59. The molecule has 0 atom stereocenters. The van der Waals surface area contributed by atoms with Crippen LogP contribution in [0.2, 0.25) is 5.02 Å². The first-order valence-electron chi connectivity index (χ1n) is 8.32. The summed E-state index contributed by atoms with van der Waals surface area (Å²) in [6.07, 6.45) is 0. The highest BCUT2D eigenvalue weighted by Gasteiger charge is 2.14. The van der Waals surface area contributed by atoms with Crippen molar-refractivity contribution in [3.05, 3.63) is 81.8 Å². The van der Waals surface area contributed by atoms with Crippen molar-refractivity contribution < 1.29 is 9.47 Å². The van der Waals surface area contributed by atoms with Crippen molar-refractivity contribution in [2.75, 3.05) is 0 Å². The van der Waals surface area contributed by atoms with Crippen molar-refractivity contribution >= 4 is 27.5 Å². The summed E-state index contributed by atoms with van der Waals surface area (Å²) in [7, 11) is 0. The molecule has 0 saturated carbocycles. The highest BCUT2D eigenvalue weighted by Crippen LogP contribution is 2.34. The average molecular weight is 432 g/mol. The Hall–Kier alpha value is -1.97. The lowest BCUT2D eigenvalue weighted by molar-refractivity contribution is 0.458. The molecule has 0 aromatic heterocycles. The standard InChI is InChI=1S/C22H20BrClO2/c1-22(2,3)15-5-4-6-19(11-15)26-21-13-17(24)12-20(14-21)25-18-9-7-16(23)8-10-18/h4-14H,1-3H3. The summed E-state index contributed by atoms with van der Waals surface area (Å²) in [4.78, 5) is 0. The molecular weight excluding hydrogens is 412 g/mol. The van der Waals surface area contributed by atoms with Crippen LogP contribution in [0, 0.1) is 0 Å². The minimum absolute atomic E-state index is 0.0591. The van der Waals surface area contributed by atoms with Gasteiger partial charge in [0.05, 0.1) is 0 Å². The molecule has 0 saturated heterocycles. The Morgan fingerprint density at radius 1 is 0.731 bits per heavy atom. The van der Waals surface area contributed by atoms with Crippen LogP contribution in [0.25, 0.3) is 0 Å². The molecule has 2 nitrogen and oxygen atoms in total. The fraction of sp³-hybridized carbons (Fsp3) is 0.182. The summed E-state index contributed by atoms with van der Waals surface area (Å²) in [5, 5.41) is 0.557. The van der Waals surface area contributed by atoms with E-state index in [2.05, 4.69) is 48.8 Å². The molecule has 0 unspecified atom stereocenters. The van der Waals surface area contributed by atoms with Gasteiger partial charge in [0, 0.05) is 15.6 Å². The Morgan fingerprint density at radius 3 is 1.96 bits per heavy atom. The summed E-state index contributed by atoms with van der Waals surface area (Å²) < 4.78 is 12.9. The predicted molar refractivity (Wildman–Crippen MR) is 111 cm³/mol. The van der Waals surface area contributed by atoms with E-state index >= 15 is 0 Å². The van der Waals surface area contributed by atoms with Crippen molar-refractivity contribution in [2.24, 2.45) is 0 Å². The van der Waals surface area contributed by atoms with E-state index in [0.29, 0.717) is 16.5 Å². The Morgan fingerprint density at radius 2 is 1.35 bits per heavy atom. The van der Waals surface area contributed by atoms with E-state index in [4.69, 9.17) is 21.1 Å². The number of hydrogen-bond acceptors (Lipinski definition) is 2. The third kappa shape index (κ3) is 5.03. The molecule has 0 spiro atoms. The molecule has 0 amide bonds. The van der Waals surface area contributed by atoms with Crippen LogP contribution in [0.3, 0.4) is 0 Å². The molecule has 3 aromatic carbocycles. The summed E-state index contributed by atoms with van der Waals surface area (Å²) in [5.41, 5.74) is 1.27. The van der Waals surface area contributed by atoms with Gasteiger partial charge in [-0.25, -0.2) is 0 Å². The van der Waals surface area contributed by atoms with Gasteiger partial charge >= 0.3 is 0 Å². The Labute approximate surface area is 167 Å². The second kappa shape index (κ2) is 7.73. The zero-order valence-corrected chi connectivity index (χ0v) is 17.3. The molecule has 0 aliphatic carbocycles. The normalized spacial score (nSPS) is 11.3. The number of ether oxygens (including phenoxy) is 2. The van der Waals surface area contributed by atoms with Crippen molar-refractivity contribution in [1.29, 1.82) is 0 Å². The van der Waals surface area contributed by atoms with Crippen LogP contribution >= 0.6 is 27.5 Å². The zero-order valence-electron chi connectivity index (χ0n) is 14.9. The van der Waals surface area contributed by atoms with Gasteiger partial charge in [-0.05, 0) is 59.5 Å². The van der Waals surface area contributed by atoms with Crippen molar-refractivity contribution in [3.63, 3.8) is 0 Å². The van der Waals surface area contributed by atoms with Gasteiger partial charge in [-0.15, -0.1) is 0 Å². The maximum Gasteiger partial charge on any atom is 0.132 e. The summed E-state index contributed by atoms with van der Waals surface area (Å²) >= 11 is 9.66. The third-order valence-electron chi connectivity index (χ3n) is 3.83. The van der Waals surface area contributed by atoms with Gasteiger partial charge < -0.3 is 9.47 Å². The number of hydrogen-bond donors (Lipinski definition) is 0. The minimum atomic E-state index is 0.0591. The van der Waals surface area contributed by atoms with E-state index in [0.717, 1.165) is 16.0 Å². The molecule has 0 bridgehead atoms. The molecule has 0 heterocycles. The van der Waals surface area contributed by atoms with E-state index in [-0.39, 0.29) is 5.41 Å². The molecule has 0 aliphatic heterocycles. The van der Waals surface area contributed by atoms with Crippen molar-refractivity contribution in [1.82, 2.24) is 0 Å². The summed E-state index contributed by atoms with van der Waals surface area (Å²) in [5.74, 6) is 2.77. The molecule has 26 heavy (non-hydrogen) atoms. The average Bonchev–Trinajstić information content (AvgIpc) is 2.56. The molecule has 3 rings (SSSR count). The second-order valence-corrected chi connectivity index (χ2v) is 8.41. The van der Waals surface area contributed by atoms with E-state index in [1.54, 1.807) is 12.1 Å². The van der Waals surface area contributed by atoms with E-state index in [1.807, 2.05) is 42.5 Å². The zero-order chi connectivity index (χ0) is 18.7. The van der Waals surface area contributed by atoms with Crippen LogP contribution in [0.5, 0.6) is 23.0 Å². The van der Waals surface area contributed by atoms with Crippen LogP contribution < -0.4 is 9.47 Å². The predicted octanol–water partition coefficient (Wildman–Crippen LogP) is 7.98. The van der Waals surface area contributed by atoms with Crippen LogP contribution in [0.15, 0.2) is 71.2 Å². The number of rotatable bonds is 4. The van der Waals surface area contributed by atoms with Gasteiger partial charge in [-0.3, -0.25) is 0 Å². The fourth-order valence-corrected chi connectivity index (χ4v) is 2.94. The van der Waals surface area contributed by atoms with Gasteiger partial charge in [0.15, 0.2) is 0 Å². The fourth-order valence-electron chi connectivity index (χ4n) is 2.46. The first-order chi connectivity index (χ1) is 12.3. The summed E-state index contributed by atoms with van der Waals surface area (Å²) in [6.45, 7) is 6.53. The molecule has 0 aliphatic rings. The molecule has 4 heteroatoms. The molecule has 134 valence electrons. The Bertz CT molecular complexity index is 899. The van der Waals surface area contributed by atoms with Crippen LogP contribution in [-0.4, -0.2) is 0 Å². The smallest absolute Gasteiger partial charge is 0.132 e. The summed E-state index contributed by atoms with van der Waals surface area (Å²) in [6, 6.07) is 21.1. The van der Waals surface area contributed by atoms with Crippen molar-refractivity contribution in [2.45, 2.75) is 26.2 Å². The molecular formula is C22H20BrClO2. The maximum absolute atomic E-state index is 6.24. The minimum Gasteiger partial charge on any atom is -0.457 e. The SMILES string of the molecule is CC(C)(C)c1cccc(Oc2cc(Cl)cc(Oc3ccc(Br)cc3)c2)c1. The lowest BCUT2D eigenvalue weighted by atomic mass is 9.87. The second-order valence-electron chi connectivity index (χ2n) is 7.06. The number of halogens is 2. The van der Waals surface area contributed by atoms with Gasteiger partial charge in [0.1, 0.15) is 23.0 Å². The van der Waals surface area contributed by atoms with Gasteiger partial charge in [-0.2, -0.15) is 0 Å². The first kappa shape index (κ1) is 18.8. The van der Waals surface area contributed by atoms with Gasteiger partial charge in [0.25, 0.3) is 0 Å². The van der Waals surface area contributed by atoms with E-state index in [1.165, 1.54) is 5.56 Å². The highest BCUT2D eigenvalue weighted by atomic mass is 79.9. The lowest BCUT2D eigenvalue weighted by Crippen LogP contribution is -2.10. The Balaban J connectivity index is 1.83. The third-order valence-corrected chi connectivity index (χ3v) is 4.58.